The number of carbonyl (C=O) groups is 1. The molecule has 0 aromatic heterocycles. The maximum absolute atomic E-state index is 13.2. The SMILES string of the molecule is O=C(C=Cc1ccc(Cl)c(F)c1)OCCc1ccc(F)cc1. The van der Waals surface area contributed by atoms with Gasteiger partial charge in [-0.2, -0.15) is 0 Å². The van der Waals surface area contributed by atoms with E-state index in [1.807, 2.05) is 0 Å². The third-order valence-corrected chi connectivity index (χ3v) is 3.21. The average Bonchev–Trinajstić information content (AvgIpc) is 2.50. The Morgan fingerprint density at radius 2 is 1.86 bits per heavy atom. The Balaban J connectivity index is 1.81. The zero-order valence-corrected chi connectivity index (χ0v) is 12.3. The van der Waals surface area contributed by atoms with Crippen molar-refractivity contribution in [2.45, 2.75) is 6.42 Å². The largest absolute Gasteiger partial charge is 0.462 e. The van der Waals surface area contributed by atoms with Gasteiger partial charge in [-0.25, -0.2) is 13.6 Å². The highest BCUT2D eigenvalue weighted by atomic mass is 35.5. The van der Waals surface area contributed by atoms with E-state index in [0.29, 0.717) is 12.0 Å². The van der Waals surface area contributed by atoms with Gasteiger partial charge in [-0.15, -0.1) is 0 Å². The van der Waals surface area contributed by atoms with Crippen LogP contribution in [0.2, 0.25) is 5.02 Å². The molecular weight excluding hydrogens is 310 g/mol. The fourth-order valence-electron chi connectivity index (χ4n) is 1.75. The monoisotopic (exact) mass is 322 g/mol. The molecule has 0 unspecified atom stereocenters. The van der Waals surface area contributed by atoms with Crippen molar-refractivity contribution in [1.82, 2.24) is 0 Å². The zero-order valence-electron chi connectivity index (χ0n) is 11.6. The van der Waals surface area contributed by atoms with Crippen LogP contribution in [0.25, 0.3) is 6.08 Å². The van der Waals surface area contributed by atoms with Crippen molar-refractivity contribution in [2.75, 3.05) is 6.61 Å². The van der Waals surface area contributed by atoms with Gasteiger partial charge >= 0.3 is 5.97 Å². The van der Waals surface area contributed by atoms with Gasteiger partial charge in [0, 0.05) is 12.5 Å². The Bertz CT molecular complexity index is 682. The standard InChI is InChI=1S/C17H13ClF2O2/c18-15-7-3-13(11-16(15)20)4-8-17(21)22-10-9-12-1-5-14(19)6-2-12/h1-8,11H,9-10H2. The molecule has 0 aliphatic rings. The molecule has 0 N–H and O–H groups in total. The van der Waals surface area contributed by atoms with Crippen LogP contribution in [-0.4, -0.2) is 12.6 Å². The van der Waals surface area contributed by atoms with Crippen molar-refractivity contribution in [3.8, 4) is 0 Å². The molecule has 0 heterocycles. The van der Waals surface area contributed by atoms with Crippen LogP contribution in [0.1, 0.15) is 11.1 Å². The summed E-state index contributed by atoms with van der Waals surface area (Å²) in [5.41, 5.74) is 1.38. The number of hydrogen-bond donors (Lipinski definition) is 0. The molecule has 0 saturated heterocycles. The minimum absolute atomic E-state index is 0.0269. The van der Waals surface area contributed by atoms with Gasteiger partial charge in [0.25, 0.3) is 0 Å². The predicted molar refractivity (Wildman–Crippen MR) is 81.5 cm³/mol. The maximum Gasteiger partial charge on any atom is 0.330 e. The van der Waals surface area contributed by atoms with Gasteiger partial charge in [-0.05, 0) is 41.5 Å². The topological polar surface area (TPSA) is 26.3 Å². The molecule has 0 aliphatic heterocycles. The minimum atomic E-state index is -0.548. The van der Waals surface area contributed by atoms with Gasteiger partial charge in [0.15, 0.2) is 0 Å². The normalized spacial score (nSPS) is 10.9. The summed E-state index contributed by atoms with van der Waals surface area (Å²) in [5.74, 6) is -1.38. The van der Waals surface area contributed by atoms with E-state index in [1.54, 1.807) is 18.2 Å². The van der Waals surface area contributed by atoms with E-state index >= 15 is 0 Å². The second-order valence-corrected chi connectivity index (χ2v) is 4.96. The summed E-state index contributed by atoms with van der Waals surface area (Å²) in [6, 6.07) is 10.2. The van der Waals surface area contributed by atoms with Gasteiger partial charge in [0.05, 0.1) is 11.6 Å². The van der Waals surface area contributed by atoms with Crippen LogP contribution in [0.5, 0.6) is 0 Å². The molecule has 114 valence electrons. The lowest BCUT2D eigenvalue weighted by Crippen LogP contribution is -2.04. The van der Waals surface area contributed by atoms with Crippen molar-refractivity contribution >= 4 is 23.6 Å². The first-order chi connectivity index (χ1) is 10.5. The number of carbonyl (C=O) groups excluding carboxylic acids is 1. The molecule has 0 spiro atoms. The maximum atomic E-state index is 13.2. The number of ether oxygens (including phenoxy) is 1. The van der Waals surface area contributed by atoms with Crippen LogP contribution in [0.4, 0.5) is 8.78 Å². The molecule has 0 atom stereocenters. The van der Waals surface area contributed by atoms with Crippen LogP contribution in [-0.2, 0) is 16.0 Å². The Morgan fingerprint density at radius 3 is 2.55 bits per heavy atom. The summed E-state index contributed by atoms with van der Waals surface area (Å²) >= 11 is 5.57. The molecule has 0 aliphatic carbocycles. The Kier molecular flexibility index (Phi) is 5.67. The van der Waals surface area contributed by atoms with E-state index in [4.69, 9.17) is 16.3 Å². The van der Waals surface area contributed by atoms with Gasteiger partial charge < -0.3 is 4.74 Å². The van der Waals surface area contributed by atoms with E-state index in [0.717, 1.165) is 5.56 Å². The second kappa shape index (κ2) is 7.71. The third kappa shape index (κ3) is 4.97. The Hall–Kier alpha value is -2.20. The van der Waals surface area contributed by atoms with Crippen LogP contribution in [0, 0.1) is 11.6 Å². The molecule has 5 heteroatoms. The second-order valence-electron chi connectivity index (χ2n) is 4.55. The van der Waals surface area contributed by atoms with Crippen molar-refractivity contribution in [1.29, 1.82) is 0 Å². The van der Waals surface area contributed by atoms with Crippen LogP contribution in [0.3, 0.4) is 0 Å². The van der Waals surface area contributed by atoms with E-state index in [-0.39, 0.29) is 17.4 Å². The smallest absolute Gasteiger partial charge is 0.330 e. The van der Waals surface area contributed by atoms with Crippen molar-refractivity contribution in [3.63, 3.8) is 0 Å². The molecule has 0 fully saturated rings. The summed E-state index contributed by atoms with van der Waals surface area (Å²) in [6.45, 7) is 0.184. The van der Waals surface area contributed by atoms with E-state index in [2.05, 4.69) is 0 Å². The van der Waals surface area contributed by atoms with E-state index in [9.17, 15) is 13.6 Å². The molecule has 2 nitrogen and oxygen atoms in total. The first kappa shape index (κ1) is 16.2. The molecule has 0 bridgehead atoms. The molecular formula is C17H13ClF2O2. The summed E-state index contributed by atoms with van der Waals surface area (Å²) in [7, 11) is 0. The lowest BCUT2D eigenvalue weighted by Gasteiger charge is -2.02. The Labute approximate surface area is 132 Å². The highest BCUT2D eigenvalue weighted by Gasteiger charge is 2.01. The number of hydrogen-bond acceptors (Lipinski definition) is 2. The minimum Gasteiger partial charge on any atom is -0.462 e. The molecule has 0 amide bonds. The van der Waals surface area contributed by atoms with Crippen molar-refractivity contribution in [2.24, 2.45) is 0 Å². The molecule has 0 radical (unpaired) electrons. The van der Waals surface area contributed by atoms with Crippen LogP contribution in [0.15, 0.2) is 48.5 Å². The van der Waals surface area contributed by atoms with Gasteiger partial charge in [-0.1, -0.05) is 29.8 Å². The lowest BCUT2D eigenvalue weighted by atomic mass is 10.2. The average molecular weight is 323 g/mol. The summed E-state index contributed by atoms with van der Waals surface area (Å²) in [5, 5.41) is 0.0269. The molecule has 22 heavy (non-hydrogen) atoms. The van der Waals surface area contributed by atoms with Crippen LogP contribution >= 0.6 is 11.6 Å². The van der Waals surface area contributed by atoms with Crippen molar-refractivity contribution in [3.05, 3.63) is 76.3 Å². The first-order valence-corrected chi connectivity index (χ1v) is 6.97. The molecule has 2 aromatic rings. The highest BCUT2D eigenvalue weighted by molar-refractivity contribution is 6.30. The Morgan fingerprint density at radius 1 is 1.14 bits per heavy atom. The molecule has 0 saturated carbocycles. The van der Waals surface area contributed by atoms with Gasteiger partial charge in [-0.3, -0.25) is 0 Å². The van der Waals surface area contributed by atoms with Crippen LogP contribution < -0.4 is 0 Å². The summed E-state index contributed by atoms with van der Waals surface area (Å²) in [4.78, 5) is 11.5. The van der Waals surface area contributed by atoms with E-state index in [1.165, 1.54) is 36.4 Å². The van der Waals surface area contributed by atoms with Gasteiger partial charge in [0.2, 0.25) is 0 Å². The summed E-state index contributed by atoms with van der Waals surface area (Å²) < 4.78 is 30.9. The predicted octanol–water partition coefficient (Wildman–Crippen LogP) is 4.42. The highest BCUT2D eigenvalue weighted by Crippen LogP contribution is 2.16. The lowest BCUT2D eigenvalue weighted by molar-refractivity contribution is -0.137. The van der Waals surface area contributed by atoms with Gasteiger partial charge in [0.1, 0.15) is 11.6 Å². The van der Waals surface area contributed by atoms with E-state index < -0.39 is 11.8 Å². The quantitative estimate of drug-likeness (QED) is 0.602. The van der Waals surface area contributed by atoms with Crippen molar-refractivity contribution < 1.29 is 18.3 Å². The first-order valence-electron chi connectivity index (χ1n) is 6.59. The summed E-state index contributed by atoms with van der Waals surface area (Å²) in [6.07, 6.45) is 3.16. The zero-order chi connectivity index (χ0) is 15.9. The number of benzene rings is 2. The molecule has 2 rings (SSSR count). The fraction of sp³-hybridized carbons (Fsp3) is 0.118. The number of halogens is 3. The number of esters is 1. The third-order valence-electron chi connectivity index (χ3n) is 2.90. The number of rotatable bonds is 5. The molecule has 2 aromatic carbocycles. The fourth-order valence-corrected chi connectivity index (χ4v) is 1.87.